The van der Waals surface area contributed by atoms with Crippen molar-refractivity contribution in [2.45, 2.75) is 13.8 Å². The van der Waals surface area contributed by atoms with E-state index < -0.39 is 5.41 Å². The average molecular weight is 292 g/mol. The van der Waals surface area contributed by atoms with Crippen molar-refractivity contribution in [2.24, 2.45) is 5.41 Å². The summed E-state index contributed by atoms with van der Waals surface area (Å²) in [5.74, 6) is 0.0301. The molecule has 0 saturated carbocycles. The Morgan fingerprint density at radius 2 is 1.89 bits per heavy atom. The molecule has 0 aliphatic heterocycles. The second-order valence-electron chi connectivity index (χ2n) is 4.47. The summed E-state index contributed by atoms with van der Waals surface area (Å²) in [6.07, 6.45) is 0. The van der Waals surface area contributed by atoms with E-state index in [1.807, 2.05) is 0 Å². The van der Waals surface area contributed by atoms with Gasteiger partial charge < -0.3 is 15.2 Å². The van der Waals surface area contributed by atoms with Gasteiger partial charge in [-0.3, -0.25) is 4.79 Å². The molecule has 100 valence electrons. The minimum absolute atomic E-state index is 0.127. The number of anilines is 1. The Morgan fingerprint density at radius 3 is 2.44 bits per heavy atom. The minimum atomic E-state index is -0.771. The van der Waals surface area contributed by atoms with E-state index in [1.54, 1.807) is 13.8 Å². The van der Waals surface area contributed by atoms with Crippen molar-refractivity contribution in [1.29, 1.82) is 0 Å². The van der Waals surface area contributed by atoms with Crippen LogP contribution < -0.4 is 10.5 Å². The maximum Gasteiger partial charge on any atom is 0.314 e. The number of esters is 1. The first kappa shape index (κ1) is 14.9. The zero-order valence-corrected chi connectivity index (χ0v) is 11.9. The summed E-state index contributed by atoms with van der Waals surface area (Å²) in [4.78, 5) is 11.5. The molecule has 0 aromatic heterocycles. The molecule has 18 heavy (non-hydrogen) atoms. The van der Waals surface area contributed by atoms with Crippen LogP contribution in [0.4, 0.5) is 5.69 Å². The molecule has 0 saturated heterocycles. The van der Waals surface area contributed by atoms with Gasteiger partial charge >= 0.3 is 5.97 Å². The number of halogens is 2. The molecule has 6 heteroatoms. The SMILES string of the molecule is COC(=O)C(C)(C)COc1cc(Cl)c(Cl)cc1N. The van der Waals surface area contributed by atoms with Gasteiger partial charge in [-0.05, 0) is 19.9 Å². The molecule has 1 aromatic rings. The second-order valence-corrected chi connectivity index (χ2v) is 5.28. The van der Waals surface area contributed by atoms with Crippen molar-refractivity contribution in [3.63, 3.8) is 0 Å². The summed E-state index contributed by atoms with van der Waals surface area (Å²) in [5, 5.41) is 0.700. The zero-order valence-electron chi connectivity index (χ0n) is 10.4. The summed E-state index contributed by atoms with van der Waals surface area (Å²) < 4.78 is 10.2. The lowest BCUT2D eigenvalue weighted by Gasteiger charge is -2.22. The molecule has 0 amide bonds. The normalized spacial score (nSPS) is 11.2. The standard InChI is InChI=1S/C12H15Cl2NO3/c1-12(2,11(16)17-3)6-18-10-5-8(14)7(13)4-9(10)15/h4-5H,6,15H2,1-3H3. The van der Waals surface area contributed by atoms with Crippen LogP contribution in [0, 0.1) is 5.41 Å². The second kappa shape index (κ2) is 5.67. The Hall–Kier alpha value is -1.13. The molecule has 1 rings (SSSR count). The Kier molecular flexibility index (Phi) is 4.71. The lowest BCUT2D eigenvalue weighted by Crippen LogP contribution is -2.32. The van der Waals surface area contributed by atoms with Crippen molar-refractivity contribution >= 4 is 34.9 Å². The van der Waals surface area contributed by atoms with Gasteiger partial charge in [-0.15, -0.1) is 0 Å². The van der Waals surface area contributed by atoms with Crippen LogP contribution in [0.15, 0.2) is 12.1 Å². The van der Waals surface area contributed by atoms with Gasteiger partial charge in [-0.25, -0.2) is 0 Å². The van der Waals surface area contributed by atoms with Crippen molar-refractivity contribution in [2.75, 3.05) is 19.5 Å². The number of carbonyl (C=O) groups is 1. The third kappa shape index (κ3) is 3.43. The Morgan fingerprint density at radius 1 is 1.33 bits per heavy atom. The van der Waals surface area contributed by atoms with Crippen molar-refractivity contribution in [3.8, 4) is 5.75 Å². The molecule has 0 bridgehead atoms. The van der Waals surface area contributed by atoms with Gasteiger partial charge in [0.05, 0.1) is 28.3 Å². The van der Waals surface area contributed by atoms with Gasteiger partial charge in [0.2, 0.25) is 0 Å². The summed E-state index contributed by atoms with van der Waals surface area (Å²) in [6, 6.07) is 3.02. The highest BCUT2D eigenvalue weighted by Crippen LogP contribution is 2.33. The van der Waals surface area contributed by atoms with Crippen LogP contribution >= 0.6 is 23.2 Å². The third-order valence-corrected chi connectivity index (χ3v) is 3.10. The molecule has 2 N–H and O–H groups in total. The predicted molar refractivity (Wildman–Crippen MR) is 72.2 cm³/mol. The molecule has 0 spiro atoms. The number of ether oxygens (including phenoxy) is 2. The maximum atomic E-state index is 11.5. The molecule has 0 atom stereocenters. The fourth-order valence-electron chi connectivity index (χ4n) is 1.26. The molecule has 0 heterocycles. The molecule has 0 aliphatic rings. The monoisotopic (exact) mass is 291 g/mol. The predicted octanol–water partition coefficient (Wildman–Crippen LogP) is 3.15. The Labute approximate surface area is 116 Å². The van der Waals surface area contributed by atoms with Gasteiger partial charge in [-0.2, -0.15) is 0 Å². The van der Waals surface area contributed by atoms with Crippen LogP contribution in [0.3, 0.4) is 0 Å². The van der Waals surface area contributed by atoms with Crippen LogP contribution in [0.25, 0.3) is 0 Å². The molecule has 0 fully saturated rings. The van der Waals surface area contributed by atoms with Crippen molar-refractivity contribution in [3.05, 3.63) is 22.2 Å². The highest BCUT2D eigenvalue weighted by molar-refractivity contribution is 6.42. The molecule has 4 nitrogen and oxygen atoms in total. The number of hydrogen-bond donors (Lipinski definition) is 1. The molecule has 0 aliphatic carbocycles. The van der Waals surface area contributed by atoms with E-state index in [2.05, 4.69) is 4.74 Å². The largest absolute Gasteiger partial charge is 0.490 e. The van der Waals surface area contributed by atoms with Crippen molar-refractivity contribution in [1.82, 2.24) is 0 Å². The van der Waals surface area contributed by atoms with Crippen LogP contribution in [0.5, 0.6) is 5.75 Å². The molecule has 1 aromatic carbocycles. The van der Waals surface area contributed by atoms with Gasteiger partial charge in [0.15, 0.2) is 0 Å². The zero-order chi connectivity index (χ0) is 13.9. The van der Waals surface area contributed by atoms with Crippen LogP contribution in [0.2, 0.25) is 10.0 Å². The van der Waals surface area contributed by atoms with E-state index in [0.717, 1.165) is 0 Å². The highest BCUT2D eigenvalue weighted by Gasteiger charge is 2.30. The Bertz CT molecular complexity index is 461. The quantitative estimate of drug-likeness (QED) is 0.684. The van der Waals surface area contributed by atoms with Gasteiger partial charge in [0, 0.05) is 6.07 Å². The van der Waals surface area contributed by atoms with Crippen LogP contribution in [0.1, 0.15) is 13.8 Å². The topological polar surface area (TPSA) is 61.5 Å². The number of carbonyl (C=O) groups excluding carboxylic acids is 1. The van der Waals surface area contributed by atoms with Gasteiger partial charge in [0.1, 0.15) is 12.4 Å². The first-order valence-electron chi connectivity index (χ1n) is 5.23. The van der Waals surface area contributed by atoms with Gasteiger partial charge in [-0.1, -0.05) is 23.2 Å². The summed E-state index contributed by atoms with van der Waals surface area (Å²) in [5.41, 5.74) is 5.34. The van der Waals surface area contributed by atoms with E-state index in [4.69, 9.17) is 33.7 Å². The number of nitrogen functional groups attached to an aromatic ring is 1. The molecular formula is C12H15Cl2NO3. The summed E-state index contributed by atoms with van der Waals surface area (Å²) in [7, 11) is 1.33. The molecular weight excluding hydrogens is 277 g/mol. The lowest BCUT2D eigenvalue weighted by molar-refractivity contribution is -0.152. The van der Waals surface area contributed by atoms with E-state index in [0.29, 0.717) is 21.5 Å². The van der Waals surface area contributed by atoms with E-state index >= 15 is 0 Å². The average Bonchev–Trinajstić information content (AvgIpc) is 2.31. The molecule has 0 unspecified atom stereocenters. The number of methoxy groups -OCH3 is 1. The smallest absolute Gasteiger partial charge is 0.314 e. The van der Waals surface area contributed by atoms with E-state index in [1.165, 1.54) is 19.2 Å². The number of hydrogen-bond acceptors (Lipinski definition) is 4. The first-order valence-corrected chi connectivity index (χ1v) is 5.99. The lowest BCUT2D eigenvalue weighted by atomic mass is 9.95. The third-order valence-electron chi connectivity index (χ3n) is 2.38. The first-order chi connectivity index (χ1) is 8.27. The fourth-order valence-corrected chi connectivity index (χ4v) is 1.59. The van der Waals surface area contributed by atoms with Crippen LogP contribution in [-0.4, -0.2) is 19.7 Å². The maximum absolute atomic E-state index is 11.5. The number of nitrogens with two attached hydrogens (primary N) is 1. The Balaban J connectivity index is 2.81. The number of rotatable bonds is 4. The van der Waals surface area contributed by atoms with E-state index in [-0.39, 0.29) is 12.6 Å². The number of benzene rings is 1. The van der Waals surface area contributed by atoms with E-state index in [9.17, 15) is 4.79 Å². The summed E-state index contributed by atoms with van der Waals surface area (Å²) in [6.45, 7) is 3.56. The summed E-state index contributed by atoms with van der Waals surface area (Å²) >= 11 is 11.7. The van der Waals surface area contributed by atoms with Crippen molar-refractivity contribution < 1.29 is 14.3 Å². The highest BCUT2D eigenvalue weighted by atomic mass is 35.5. The minimum Gasteiger partial charge on any atom is -0.490 e. The van der Waals surface area contributed by atoms with Crippen LogP contribution in [-0.2, 0) is 9.53 Å². The van der Waals surface area contributed by atoms with Gasteiger partial charge in [0.25, 0.3) is 0 Å². The molecule has 0 radical (unpaired) electrons. The fraction of sp³-hybridized carbons (Fsp3) is 0.417.